The second-order valence-corrected chi connectivity index (χ2v) is 10.3. The molecule has 2 bridgehead atoms. The zero-order valence-electron chi connectivity index (χ0n) is 21.4. The predicted molar refractivity (Wildman–Crippen MR) is 142 cm³/mol. The number of rotatable bonds is 6. The Balaban J connectivity index is 1.58. The van der Waals surface area contributed by atoms with Crippen LogP contribution in [0.15, 0.2) is 54.6 Å². The van der Waals surface area contributed by atoms with Crippen molar-refractivity contribution in [2.24, 2.45) is 5.73 Å². The summed E-state index contributed by atoms with van der Waals surface area (Å²) in [6.07, 6.45) is 5.10. The summed E-state index contributed by atoms with van der Waals surface area (Å²) in [5, 5.41) is 9.19. The number of fused-ring (bicyclic) bond motifs is 2. The molecule has 2 fully saturated rings. The van der Waals surface area contributed by atoms with Crippen LogP contribution in [0.2, 0.25) is 0 Å². The fourth-order valence-electron chi connectivity index (χ4n) is 5.98. The van der Waals surface area contributed by atoms with Crippen molar-refractivity contribution in [3.8, 4) is 28.3 Å². The third-order valence-corrected chi connectivity index (χ3v) is 7.83. The summed E-state index contributed by atoms with van der Waals surface area (Å²) < 4.78 is 35.1. The van der Waals surface area contributed by atoms with E-state index in [9.17, 15) is 14.4 Å². The molecule has 2 aliphatic heterocycles. The highest BCUT2D eigenvalue weighted by Crippen LogP contribution is 2.38. The van der Waals surface area contributed by atoms with Gasteiger partial charge in [-0.1, -0.05) is 24.3 Å². The molecule has 7 heteroatoms. The van der Waals surface area contributed by atoms with Crippen LogP contribution in [0.5, 0.6) is 0 Å². The van der Waals surface area contributed by atoms with Crippen molar-refractivity contribution in [1.29, 1.82) is 5.26 Å². The van der Waals surface area contributed by atoms with Gasteiger partial charge in [0, 0.05) is 36.4 Å². The molecule has 0 radical (unpaired) electrons. The van der Waals surface area contributed by atoms with E-state index < -0.39 is 11.6 Å². The van der Waals surface area contributed by atoms with Crippen molar-refractivity contribution in [2.75, 3.05) is 13.7 Å². The fourth-order valence-corrected chi connectivity index (χ4v) is 5.98. The monoisotopic (exact) mass is 515 g/mol. The number of nitrogens with zero attached hydrogens (tertiary/aromatic N) is 2. The molecule has 0 saturated carbocycles. The highest BCUT2D eigenvalue weighted by atomic mass is 19.1. The predicted octanol–water partition coefficient (Wildman–Crippen LogP) is 5.84. The SMILES string of the molecule is COCCc1ccc(-c2ccc(C(=O)N3C4CCCC3CC(N)C4)cc2-c2ccc(C#N)c(F)c2)c(F)c1. The summed E-state index contributed by atoms with van der Waals surface area (Å²) in [6, 6.07) is 16.7. The first kappa shape index (κ1) is 26.0. The van der Waals surface area contributed by atoms with Crippen molar-refractivity contribution >= 4 is 5.91 Å². The molecule has 0 spiro atoms. The molecular weight excluding hydrogens is 484 g/mol. The molecule has 2 aliphatic rings. The van der Waals surface area contributed by atoms with E-state index in [1.165, 1.54) is 18.2 Å². The number of piperidine rings is 2. The topological polar surface area (TPSA) is 79.3 Å². The average Bonchev–Trinajstić information content (AvgIpc) is 2.91. The largest absolute Gasteiger partial charge is 0.384 e. The van der Waals surface area contributed by atoms with Gasteiger partial charge in [0.05, 0.1) is 12.2 Å². The second kappa shape index (κ2) is 11.0. The van der Waals surface area contributed by atoms with Gasteiger partial charge in [-0.3, -0.25) is 4.79 Å². The van der Waals surface area contributed by atoms with E-state index in [1.807, 2.05) is 17.0 Å². The number of nitrogens with two attached hydrogens (primary N) is 1. The summed E-state index contributed by atoms with van der Waals surface area (Å²) in [4.78, 5) is 15.8. The van der Waals surface area contributed by atoms with Gasteiger partial charge in [0.25, 0.3) is 5.91 Å². The highest BCUT2D eigenvalue weighted by Gasteiger charge is 2.40. The highest BCUT2D eigenvalue weighted by molar-refractivity contribution is 5.98. The first-order chi connectivity index (χ1) is 18.4. The molecule has 1 amide bonds. The Morgan fingerprint density at radius 3 is 2.39 bits per heavy atom. The number of halogens is 2. The van der Waals surface area contributed by atoms with E-state index in [-0.39, 0.29) is 29.6 Å². The lowest BCUT2D eigenvalue weighted by molar-refractivity contribution is 0.0243. The third-order valence-electron chi connectivity index (χ3n) is 7.83. The minimum atomic E-state index is -0.664. The Morgan fingerprint density at radius 1 is 1.00 bits per heavy atom. The number of carbonyl (C=O) groups is 1. The van der Waals surface area contributed by atoms with Crippen molar-refractivity contribution in [2.45, 2.75) is 56.7 Å². The smallest absolute Gasteiger partial charge is 0.254 e. The standard InChI is InChI=1S/C31H31F2N3O2/c1-38-12-11-19-5-9-27(30(33)13-19)26-10-8-21(14-28(26)20-6-7-22(18-34)29(32)15-20)31(37)36-24-3-2-4-25(36)17-23(35)16-24/h5-10,13-15,23-25H,2-4,11-12,16-17,35H2,1H3. The number of benzene rings is 3. The van der Waals surface area contributed by atoms with Gasteiger partial charge in [-0.05, 0) is 91.1 Å². The number of nitriles is 1. The summed E-state index contributed by atoms with van der Waals surface area (Å²) >= 11 is 0. The minimum absolute atomic E-state index is 0.0753. The Kier molecular flexibility index (Phi) is 7.55. The van der Waals surface area contributed by atoms with Crippen LogP contribution in [0, 0.1) is 23.0 Å². The molecule has 196 valence electrons. The lowest BCUT2D eigenvalue weighted by Crippen LogP contribution is -2.57. The lowest BCUT2D eigenvalue weighted by atomic mass is 9.81. The van der Waals surface area contributed by atoms with Gasteiger partial charge < -0.3 is 15.4 Å². The number of ether oxygens (including phenoxy) is 1. The van der Waals surface area contributed by atoms with Crippen LogP contribution in [-0.2, 0) is 11.2 Å². The van der Waals surface area contributed by atoms with E-state index in [0.717, 1.165) is 37.7 Å². The van der Waals surface area contributed by atoms with Gasteiger partial charge in [0.15, 0.2) is 0 Å². The number of carbonyl (C=O) groups excluding carboxylic acids is 1. The average molecular weight is 516 g/mol. The summed E-state index contributed by atoms with van der Waals surface area (Å²) in [5.41, 5.74) is 9.36. The van der Waals surface area contributed by atoms with Gasteiger partial charge in [0.2, 0.25) is 0 Å². The van der Waals surface area contributed by atoms with E-state index in [1.54, 1.807) is 37.4 Å². The Hall–Kier alpha value is -3.60. The van der Waals surface area contributed by atoms with Gasteiger partial charge in [0.1, 0.15) is 17.7 Å². The molecule has 2 atom stereocenters. The molecule has 0 aromatic heterocycles. The van der Waals surface area contributed by atoms with Gasteiger partial charge in [-0.2, -0.15) is 5.26 Å². The summed E-state index contributed by atoms with van der Waals surface area (Å²) in [6.45, 7) is 0.481. The second-order valence-electron chi connectivity index (χ2n) is 10.3. The van der Waals surface area contributed by atoms with Crippen LogP contribution in [0.25, 0.3) is 22.3 Å². The number of hydrogen-bond acceptors (Lipinski definition) is 4. The van der Waals surface area contributed by atoms with Crippen LogP contribution in [0.1, 0.15) is 53.6 Å². The van der Waals surface area contributed by atoms with Crippen LogP contribution in [0.4, 0.5) is 8.78 Å². The maximum atomic E-state index is 15.4. The van der Waals surface area contributed by atoms with Gasteiger partial charge in [-0.15, -0.1) is 0 Å². The number of hydrogen-bond donors (Lipinski definition) is 1. The molecule has 2 unspecified atom stereocenters. The maximum Gasteiger partial charge on any atom is 0.254 e. The van der Waals surface area contributed by atoms with E-state index >= 15 is 4.39 Å². The number of amides is 1. The van der Waals surface area contributed by atoms with Crippen molar-refractivity contribution in [3.05, 3.63) is 82.9 Å². The zero-order chi connectivity index (χ0) is 26.8. The summed E-state index contributed by atoms with van der Waals surface area (Å²) in [5.74, 6) is -1.15. The quantitative estimate of drug-likeness (QED) is 0.447. The molecular formula is C31H31F2N3O2. The Labute approximate surface area is 221 Å². The Morgan fingerprint density at radius 2 is 1.74 bits per heavy atom. The Bertz CT molecular complexity index is 1390. The van der Waals surface area contributed by atoms with Crippen molar-refractivity contribution in [1.82, 2.24) is 4.90 Å². The zero-order valence-corrected chi connectivity index (χ0v) is 21.4. The molecule has 5 nitrogen and oxygen atoms in total. The summed E-state index contributed by atoms with van der Waals surface area (Å²) in [7, 11) is 1.60. The van der Waals surface area contributed by atoms with Crippen LogP contribution in [-0.4, -0.2) is 42.6 Å². The van der Waals surface area contributed by atoms with Crippen molar-refractivity contribution in [3.63, 3.8) is 0 Å². The fraction of sp³-hybridized carbons (Fsp3) is 0.355. The minimum Gasteiger partial charge on any atom is -0.384 e. The molecule has 3 aromatic carbocycles. The van der Waals surface area contributed by atoms with Crippen LogP contribution in [0.3, 0.4) is 0 Å². The molecule has 2 saturated heterocycles. The van der Waals surface area contributed by atoms with Crippen LogP contribution < -0.4 is 5.73 Å². The molecule has 38 heavy (non-hydrogen) atoms. The molecule has 3 aromatic rings. The first-order valence-electron chi connectivity index (χ1n) is 13.1. The van der Waals surface area contributed by atoms with E-state index in [0.29, 0.717) is 40.8 Å². The molecule has 2 heterocycles. The first-order valence-corrected chi connectivity index (χ1v) is 13.1. The van der Waals surface area contributed by atoms with E-state index in [4.69, 9.17) is 10.5 Å². The van der Waals surface area contributed by atoms with Crippen LogP contribution >= 0.6 is 0 Å². The third kappa shape index (κ3) is 5.07. The van der Waals surface area contributed by atoms with Crippen molar-refractivity contribution < 1.29 is 18.3 Å². The number of methoxy groups -OCH3 is 1. The molecule has 5 rings (SSSR count). The molecule has 2 N–H and O–H groups in total. The molecule has 0 aliphatic carbocycles. The normalized spacial score (nSPS) is 20.7. The maximum absolute atomic E-state index is 15.4. The van der Waals surface area contributed by atoms with Gasteiger partial charge >= 0.3 is 0 Å². The van der Waals surface area contributed by atoms with Gasteiger partial charge in [-0.25, -0.2) is 8.78 Å². The lowest BCUT2D eigenvalue weighted by Gasteiger charge is -2.48. The van der Waals surface area contributed by atoms with E-state index in [2.05, 4.69) is 0 Å².